The Morgan fingerprint density at radius 1 is 1.06 bits per heavy atom. The van der Waals surface area contributed by atoms with Gasteiger partial charge >= 0.3 is 4.87 Å². The van der Waals surface area contributed by atoms with Crippen molar-refractivity contribution in [3.05, 3.63) is 92.5 Å². The molecule has 0 aliphatic carbocycles. The first-order valence-corrected chi connectivity index (χ1v) is 13.6. The number of rotatable bonds is 8. The molecular weight excluding hydrogens is 506 g/mol. The third-order valence-electron chi connectivity index (χ3n) is 5.29. The molecular formula is C25H24ClN3O4S2. The van der Waals surface area contributed by atoms with Gasteiger partial charge in [0.25, 0.3) is 15.9 Å². The quantitative estimate of drug-likeness (QED) is 0.337. The Hall–Kier alpha value is -3.14. The molecule has 1 amide bonds. The molecule has 0 fully saturated rings. The van der Waals surface area contributed by atoms with Crippen LogP contribution in [0.1, 0.15) is 29.8 Å². The van der Waals surface area contributed by atoms with Crippen molar-refractivity contribution in [1.82, 2.24) is 9.88 Å². The van der Waals surface area contributed by atoms with E-state index in [1.165, 1.54) is 12.1 Å². The molecule has 0 aliphatic rings. The third-order valence-corrected chi connectivity index (χ3v) is 7.85. The summed E-state index contributed by atoms with van der Waals surface area (Å²) in [7, 11) is -4.01. The molecule has 0 saturated heterocycles. The van der Waals surface area contributed by atoms with Crippen molar-refractivity contribution < 1.29 is 13.2 Å². The minimum absolute atomic E-state index is 0.00212. The topological polar surface area (TPSA) is 97.3 Å². The van der Waals surface area contributed by atoms with Crippen LogP contribution in [-0.4, -0.2) is 25.4 Å². The van der Waals surface area contributed by atoms with Crippen LogP contribution < -0.4 is 14.9 Å². The average molecular weight is 530 g/mol. The summed E-state index contributed by atoms with van der Waals surface area (Å²) in [6.07, 6.45) is 0. The predicted molar refractivity (Wildman–Crippen MR) is 141 cm³/mol. The third kappa shape index (κ3) is 5.75. The van der Waals surface area contributed by atoms with Crippen molar-refractivity contribution in [2.45, 2.75) is 25.3 Å². The van der Waals surface area contributed by atoms with E-state index >= 15 is 0 Å². The van der Waals surface area contributed by atoms with Crippen LogP contribution in [0.25, 0.3) is 10.2 Å². The standard InChI is InChI=1S/C25H24ClN3O4S2/c1-16(2)14-27-24(30)20-5-3-4-6-21(20)28-35(32,33)19-11-12-22-23(13-19)34-25(31)29(22)15-17-7-9-18(26)10-8-17/h3-13,16,28H,14-15H2,1-2H3,(H,27,30). The van der Waals surface area contributed by atoms with E-state index in [4.69, 9.17) is 11.6 Å². The molecule has 2 N–H and O–H groups in total. The zero-order valence-electron chi connectivity index (χ0n) is 19.1. The summed E-state index contributed by atoms with van der Waals surface area (Å²) in [5.74, 6) is -0.0985. The smallest absolute Gasteiger partial charge is 0.308 e. The molecule has 4 rings (SSSR count). The lowest BCUT2D eigenvalue weighted by Crippen LogP contribution is -2.28. The van der Waals surface area contributed by atoms with Crippen molar-refractivity contribution in [2.24, 2.45) is 5.92 Å². The number of anilines is 1. The molecule has 1 aromatic heterocycles. The van der Waals surface area contributed by atoms with Gasteiger partial charge in [0.1, 0.15) is 0 Å². The molecule has 0 atom stereocenters. The Balaban J connectivity index is 1.62. The number of benzene rings is 3. The maximum atomic E-state index is 13.2. The van der Waals surface area contributed by atoms with Gasteiger partial charge in [-0.3, -0.25) is 18.9 Å². The largest absolute Gasteiger partial charge is 0.352 e. The van der Waals surface area contributed by atoms with E-state index in [1.54, 1.807) is 47.0 Å². The van der Waals surface area contributed by atoms with E-state index in [1.807, 2.05) is 26.0 Å². The molecule has 35 heavy (non-hydrogen) atoms. The van der Waals surface area contributed by atoms with Gasteiger partial charge in [-0.05, 0) is 53.9 Å². The maximum Gasteiger partial charge on any atom is 0.308 e. The van der Waals surface area contributed by atoms with Gasteiger partial charge < -0.3 is 5.32 Å². The van der Waals surface area contributed by atoms with Gasteiger partial charge in [0.05, 0.1) is 32.9 Å². The first-order chi connectivity index (χ1) is 16.6. The van der Waals surface area contributed by atoms with Gasteiger partial charge in [0.15, 0.2) is 0 Å². The van der Waals surface area contributed by atoms with E-state index in [0.717, 1.165) is 16.9 Å². The molecule has 0 saturated carbocycles. The van der Waals surface area contributed by atoms with Crippen molar-refractivity contribution in [2.75, 3.05) is 11.3 Å². The number of sulfonamides is 1. The Morgan fingerprint density at radius 3 is 2.49 bits per heavy atom. The van der Waals surface area contributed by atoms with Crippen LogP contribution in [-0.2, 0) is 16.6 Å². The summed E-state index contributed by atoms with van der Waals surface area (Å²) >= 11 is 6.92. The van der Waals surface area contributed by atoms with E-state index in [2.05, 4.69) is 10.0 Å². The predicted octanol–water partition coefficient (Wildman–Crippen LogP) is 4.95. The number of carbonyl (C=O) groups is 1. The number of halogens is 1. The van der Waals surface area contributed by atoms with Crippen LogP contribution >= 0.6 is 22.9 Å². The Morgan fingerprint density at radius 2 is 1.77 bits per heavy atom. The number of aromatic nitrogens is 1. The highest BCUT2D eigenvalue weighted by Gasteiger charge is 2.20. The summed E-state index contributed by atoms with van der Waals surface area (Å²) in [5, 5.41) is 3.41. The fraction of sp³-hybridized carbons (Fsp3) is 0.200. The first-order valence-electron chi connectivity index (χ1n) is 10.9. The molecule has 0 radical (unpaired) electrons. The highest BCUT2D eigenvalue weighted by Crippen LogP contribution is 2.25. The summed E-state index contributed by atoms with van der Waals surface area (Å²) in [5.41, 5.74) is 1.96. The fourth-order valence-electron chi connectivity index (χ4n) is 3.50. The molecule has 10 heteroatoms. The molecule has 1 heterocycles. The van der Waals surface area contributed by atoms with Crippen molar-refractivity contribution in [3.63, 3.8) is 0 Å². The van der Waals surface area contributed by atoms with E-state index in [9.17, 15) is 18.0 Å². The molecule has 4 aromatic rings. The number of nitrogens with one attached hydrogen (secondary N) is 2. The summed E-state index contributed by atoms with van der Waals surface area (Å²) in [6, 6.07) is 18.2. The minimum Gasteiger partial charge on any atom is -0.352 e. The molecule has 0 aliphatic heterocycles. The van der Waals surface area contributed by atoms with Crippen molar-refractivity contribution in [1.29, 1.82) is 0 Å². The van der Waals surface area contributed by atoms with Crippen LogP contribution in [0.4, 0.5) is 5.69 Å². The number of fused-ring (bicyclic) bond motifs is 1. The van der Waals surface area contributed by atoms with E-state index < -0.39 is 10.0 Å². The first kappa shape index (κ1) is 25.0. The van der Waals surface area contributed by atoms with Crippen molar-refractivity contribution >= 4 is 54.8 Å². The number of carbonyl (C=O) groups excluding carboxylic acids is 1. The van der Waals surface area contributed by atoms with Crippen molar-refractivity contribution in [3.8, 4) is 0 Å². The SMILES string of the molecule is CC(C)CNC(=O)c1ccccc1NS(=O)(=O)c1ccc2c(c1)sc(=O)n2Cc1ccc(Cl)cc1. The number of amides is 1. The normalized spacial score (nSPS) is 11.7. The van der Waals surface area contributed by atoms with Crippen LogP contribution in [0.5, 0.6) is 0 Å². The number of hydrogen-bond donors (Lipinski definition) is 2. The number of para-hydroxylation sites is 1. The van der Waals surface area contributed by atoms with E-state index in [0.29, 0.717) is 28.3 Å². The Labute approximate surface area is 212 Å². The molecule has 182 valence electrons. The second kappa shape index (κ2) is 10.2. The van der Waals surface area contributed by atoms with E-state index in [-0.39, 0.29) is 32.8 Å². The highest BCUT2D eigenvalue weighted by molar-refractivity contribution is 7.92. The van der Waals surface area contributed by atoms with Gasteiger partial charge in [-0.2, -0.15) is 0 Å². The Bertz CT molecular complexity index is 1540. The number of thiazole rings is 1. The van der Waals surface area contributed by atoms with Crippen LogP contribution in [0, 0.1) is 5.92 Å². The summed E-state index contributed by atoms with van der Waals surface area (Å²) in [4.78, 5) is 25.0. The maximum absolute atomic E-state index is 13.2. The lowest BCUT2D eigenvalue weighted by atomic mass is 10.1. The molecule has 0 bridgehead atoms. The number of nitrogens with zero attached hydrogens (tertiary/aromatic N) is 1. The monoisotopic (exact) mass is 529 g/mol. The average Bonchev–Trinajstić information content (AvgIpc) is 3.13. The highest BCUT2D eigenvalue weighted by atomic mass is 35.5. The lowest BCUT2D eigenvalue weighted by molar-refractivity contribution is 0.0950. The van der Waals surface area contributed by atoms with Crippen LogP contribution in [0.2, 0.25) is 5.02 Å². The second-order valence-electron chi connectivity index (χ2n) is 8.47. The molecule has 3 aromatic carbocycles. The number of hydrogen-bond acceptors (Lipinski definition) is 5. The van der Waals surface area contributed by atoms with Gasteiger partial charge in [0.2, 0.25) is 0 Å². The summed E-state index contributed by atoms with van der Waals surface area (Å²) in [6.45, 7) is 4.77. The van der Waals surface area contributed by atoms with Gasteiger partial charge in [-0.25, -0.2) is 8.42 Å². The van der Waals surface area contributed by atoms with Gasteiger partial charge in [0, 0.05) is 11.6 Å². The second-order valence-corrected chi connectivity index (χ2v) is 11.6. The Kier molecular flexibility index (Phi) is 7.30. The van der Waals surface area contributed by atoms with Gasteiger partial charge in [-0.15, -0.1) is 0 Å². The zero-order chi connectivity index (χ0) is 25.2. The molecule has 0 spiro atoms. The van der Waals surface area contributed by atoms with Crippen LogP contribution in [0.3, 0.4) is 0 Å². The minimum atomic E-state index is -4.01. The molecule has 0 unspecified atom stereocenters. The molecule has 7 nitrogen and oxygen atoms in total. The fourth-order valence-corrected chi connectivity index (χ4v) is 5.74. The lowest BCUT2D eigenvalue weighted by Gasteiger charge is -2.14. The summed E-state index contributed by atoms with van der Waals surface area (Å²) < 4.78 is 31.0. The van der Waals surface area contributed by atoms with Gasteiger partial charge in [-0.1, -0.05) is 61.1 Å². The zero-order valence-corrected chi connectivity index (χ0v) is 21.5. The van der Waals surface area contributed by atoms with Crippen LogP contribution in [0.15, 0.2) is 76.4 Å².